The van der Waals surface area contributed by atoms with E-state index in [-0.39, 0.29) is 29.4 Å². The van der Waals surface area contributed by atoms with Gasteiger partial charge in [-0.1, -0.05) is 158 Å². The van der Waals surface area contributed by atoms with Crippen LogP contribution in [0.2, 0.25) is 0 Å². The summed E-state index contributed by atoms with van der Waals surface area (Å²) in [6.07, 6.45) is 25.5. The first kappa shape index (κ1) is 34.6. The van der Waals surface area contributed by atoms with Gasteiger partial charge in [0.2, 0.25) is 0 Å². The molecule has 5 atom stereocenters. The third-order valence-electron chi connectivity index (χ3n) is 11.5. The molecular weight excluding hydrogens is 643 g/mol. The molecule has 0 aromatic heterocycles. The van der Waals surface area contributed by atoms with Crippen LogP contribution in [0.4, 0.5) is 0 Å². The SMILES string of the molecule is C=C(C)C(C/C(=N\C(C)C1=CCCC=C1)c1cccc(-c2ccccc2)c1)c1ccc(C2(c3ccccc3)C3=CCCC=C3OC3C=CC=CC32)cc1. The van der Waals surface area contributed by atoms with E-state index in [2.05, 4.69) is 184 Å². The van der Waals surface area contributed by atoms with Crippen LogP contribution in [-0.2, 0) is 10.2 Å². The second kappa shape index (κ2) is 15.2. The third-order valence-corrected chi connectivity index (χ3v) is 11.5. The molecule has 1 fully saturated rings. The highest BCUT2D eigenvalue weighted by molar-refractivity contribution is 6.02. The van der Waals surface area contributed by atoms with Crippen molar-refractivity contribution < 1.29 is 4.74 Å². The van der Waals surface area contributed by atoms with E-state index < -0.39 is 0 Å². The van der Waals surface area contributed by atoms with Crippen molar-refractivity contribution in [3.63, 3.8) is 0 Å². The first-order valence-corrected chi connectivity index (χ1v) is 19.4. The lowest BCUT2D eigenvalue weighted by Gasteiger charge is -2.51. The quantitative estimate of drug-likeness (QED) is 0.120. The van der Waals surface area contributed by atoms with E-state index in [9.17, 15) is 0 Å². The fraction of sp³-hybridized carbons (Fsp3) is 0.235. The highest BCUT2D eigenvalue weighted by atomic mass is 16.5. The predicted molar refractivity (Wildman–Crippen MR) is 222 cm³/mol. The largest absolute Gasteiger partial charge is 0.486 e. The molecule has 8 rings (SSSR count). The number of hydrogen-bond donors (Lipinski definition) is 0. The van der Waals surface area contributed by atoms with Gasteiger partial charge in [0.25, 0.3) is 0 Å². The lowest BCUT2D eigenvalue weighted by molar-refractivity contribution is 0.0669. The predicted octanol–water partition coefficient (Wildman–Crippen LogP) is 12.6. The Balaban J connectivity index is 1.20. The smallest absolute Gasteiger partial charge is 0.125 e. The summed E-state index contributed by atoms with van der Waals surface area (Å²) in [7, 11) is 0. The van der Waals surface area contributed by atoms with Crippen LogP contribution in [0.25, 0.3) is 11.1 Å². The van der Waals surface area contributed by atoms with E-state index in [1.165, 1.54) is 44.5 Å². The fourth-order valence-corrected chi connectivity index (χ4v) is 8.85. The number of hydrogen-bond acceptors (Lipinski definition) is 2. The van der Waals surface area contributed by atoms with Crippen LogP contribution in [0.3, 0.4) is 0 Å². The lowest BCUT2D eigenvalue weighted by Crippen LogP contribution is -2.49. The first-order valence-electron chi connectivity index (χ1n) is 19.4. The third kappa shape index (κ3) is 6.79. The van der Waals surface area contributed by atoms with Crippen LogP contribution < -0.4 is 0 Å². The normalized spacial score (nSPS) is 23.1. The minimum Gasteiger partial charge on any atom is -0.486 e. The zero-order valence-corrected chi connectivity index (χ0v) is 31.0. The molecule has 0 bridgehead atoms. The number of nitrogens with zero attached hydrogens (tertiary/aromatic N) is 1. The van der Waals surface area contributed by atoms with Crippen LogP contribution in [0, 0.1) is 5.92 Å². The number of rotatable bonds is 10. The zero-order chi connectivity index (χ0) is 36.2. The van der Waals surface area contributed by atoms with E-state index in [1.54, 1.807) is 0 Å². The zero-order valence-electron chi connectivity index (χ0n) is 31.0. The molecule has 3 aliphatic carbocycles. The van der Waals surface area contributed by atoms with Crippen LogP contribution in [0.1, 0.15) is 74.1 Å². The summed E-state index contributed by atoms with van der Waals surface area (Å²) < 4.78 is 6.71. The molecule has 0 N–H and O–H groups in total. The first-order chi connectivity index (χ1) is 26.0. The van der Waals surface area contributed by atoms with Gasteiger partial charge in [0.15, 0.2) is 0 Å². The Kier molecular flexibility index (Phi) is 9.96. The molecule has 5 unspecified atom stereocenters. The highest BCUT2D eigenvalue weighted by Gasteiger charge is 2.53. The van der Waals surface area contributed by atoms with Crippen LogP contribution in [0.15, 0.2) is 198 Å². The minimum atomic E-state index is -0.379. The van der Waals surface area contributed by atoms with E-state index in [0.717, 1.165) is 49.1 Å². The topological polar surface area (TPSA) is 21.6 Å². The maximum atomic E-state index is 6.71. The van der Waals surface area contributed by atoms with Crippen molar-refractivity contribution in [1.29, 1.82) is 0 Å². The Morgan fingerprint density at radius 1 is 0.774 bits per heavy atom. The monoisotopic (exact) mass is 691 g/mol. The van der Waals surface area contributed by atoms with Gasteiger partial charge in [0, 0.05) is 29.5 Å². The summed E-state index contributed by atoms with van der Waals surface area (Å²) in [5, 5.41) is 0. The molecule has 4 aromatic carbocycles. The Morgan fingerprint density at radius 3 is 2.23 bits per heavy atom. The molecular formula is C51H49NO. The average molecular weight is 692 g/mol. The molecule has 1 heterocycles. The summed E-state index contributed by atoms with van der Waals surface area (Å²) in [6, 6.07) is 40.2. The minimum absolute atomic E-state index is 0.0360. The second-order valence-electron chi connectivity index (χ2n) is 14.9. The highest BCUT2D eigenvalue weighted by Crippen LogP contribution is 2.56. The van der Waals surface area contributed by atoms with E-state index >= 15 is 0 Å². The molecule has 2 heteroatoms. The molecule has 1 saturated heterocycles. The standard InChI is InChI=1S/C51H49NO/c1-36(2)45(35-48(52-37(3)38-18-7-4-8-19-38)42-23-17-22-41(34-42)39-20-9-5-10-21-39)40-30-32-44(33-31-40)51(43-24-11-6-12-25-43)46-26-13-15-28-49(46)53-50-29-16-14-27-47(50)51/h5-7,9-13,15,17-34,37,45-46,49H,1,4,8,14,16,35H2,2-3H3/b52-48+. The van der Waals surface area contributed by atoms with Gasteiger partial charge in [-0.05, 0) is 96.7 Å². The van der Waals surface area contributed by atoms with Gasteiger partial charge in [0.1, 0.15) is 11.9 Å². The van der Waals surface area contributed by atoms with Gasteiger partial charge >= 0.3 is 0 Å². The van der Waals surface area contributed by atoms with Crippen molar-refractivity contribution in [2.24, 2.45) is 10.9 Å². The molecule has 0 saturated carbocycles. The van der Waals surface area contributed by atoms with E-state index in [1.807, 2.05) is 0 Å². The van der Waals surface area contributed by atoms with Crippen molar-refractivity contribution in [2.45, 2.75) is 69.4 Å². The van der Waals surface area contributed by atoms with Crippen molar-refractivity contribution in [3.8, 4) is 11.1 Å². The fourth-order valence-electron chi connectivity index (χ4n) is 8.85. The van der Waals surface area contributed by atoms with Crippen molar-refractivity contribution in [3.05, 3.63) is 215 Å². The summed E-state index contributed by atoms with van der Waals surface area (Å²) in [6.45, 7) is 8.97. The van der Waals surface area contributed by atoms with Crippen molar-refractivity contribution in [1.82, 2.24) is 0 Å². The van der Waals surface area contributed by atoms with Crippen molar-refractivity contribution in [2.75, 3.05) is 0 Å². The van der Waals surface area contributed by atoms with Gasteiger partial charge in [-0.3, -0.25) is 4.99 Å². The van der Waals surface area contributed by atoms with Crippen molar-refractivity contribution >= 4 is 5.71 Å². The Bertz CT molecular complexity index is 2180. The molecule has 53 heavy (non-hydrogen) atoms. The molecule has 4 aromatic rings. The number of benzene rings is 4. The number of allylic oxidation sites excluding steroid dienone is 8. The molecule has 0 radical (unpaired) electrons. The Hall–Kier alpha value is -5.47. The van der Waals surface area contributed by atoms with E-state index in [0.29, 0.717) is 0 Å². The summed E-state index contributed by atoms with van der Waals surface area (Å²) in [5.41, 5.74) is 11.9. The molecule has 264 valence electrons. The van der Waals surface area contributed by atoms with Gasteiger partial charge < -0.3 is 4.74 Å². The molecule has 4 aliphatic rings. The average Bonchev–Trinajstić information content (AvgIpc) is 3.22. The van der Waals surface area contributed by atoms with Crippen LogP contribution in [0.5, 0.6) is 0 Å². The number of fused-ring (bicyclic) bond motifs is 2. The van der Waals surface area contributed by atoms with E-state index in [4.69, 9.17) is 9.73 Å². The molecule has 1 aliphatic heterocycles. The van der Waals surface area contributed by atoms with Gasteiger partial charge in [-0.25, -0.2) is 0 Å². The number of ether oxygens (including phenoxy) is 1. The molecule has 2 nitrogen and oxygen atoms in total. The molecule has 0 spiro atoms. The summed E-state index contributed by atoms with van der Waals surface area (Å²) in [4.78, 5) is 5.50. The maximum Gasteiger partial charge on any atom is 0.125 e. The lowest BCUT2D eigenvalue weighted by atomic mass is 9.56. The number of aliphatic imine (C=N–C) groups is 1. The molecule has 0 amide bonds. The maximum absolute atomic E-state index is 6.71. The Morgan fingerprint density at radius 2 is 1.47 bits per heavy atom. The van der Waals surface area contributed by atoms with Gasteiger partial charge in [-0.15, -0.1) is 0 Å². The van der Waals surface area contributed by atoms with Crippen LogP contribution >= 0.6 is 0 Å². The summed E-state index contributed by atoms with van der Waals surface area (Å²) >= 11 is 0. The van der Waals surface area contributed by atoms with Gasteiger partial charge in [0.05, 0.1) is 11.5 Å². The van der Waals surface area contributed by atoms with Gasteiger partial charge in [-0.2, -0.15) is 0 Å². The Labute approximate surface area is 316 Å². The summed E-state index contributed by atoms with van der Waals surface area (Å²) in [5.74, 6) is 1.25. The van der Waals surface area contributed by atoms with Crippen LogP contribution in [-0.4, -0.2) is 17.9 Å². The second-order valence-corrected chi connectivity index (χ2v) is 14.9.